The standard InChI is InChI=1S/C15H17Br2NS/c1-3-8-18-15(13-6-7-14(17)19-13)11-5-4-10(2)12(16)9-11/h4-7,9,15,18H,3,8H2,1-2H3. The minimum absolute atomic E-state index is 0.271. The van der Waals surface area contributed by atoms with Gasteiger partial charge in [0.25, 0.3) is 0 Å². The Kier molecular flexibility index (Phi) is 5.63. The number of halogens is 2. The Morgan fingerprint density at radius 3 is 2.58 bits per heavy atom. The molecule has 0 saturated heterocycles. The number of hydrogen-bond acceptors (Lipinski definition) is 2. The number of aryl methyl sites for hydroxylation is 1. The van der Waals surface area contributed by atoms with Crippen LogP contribution in [0.25, 0.3) is 0 Å². The molecule has 4 heteroatoms. The Bertz CT molecular complexity index is 551. The zero-order valence-electron chi connectivity index (χ0n) is 11.0. The number of thiophene rings is 1. The molecule has 1 unspecified atom stereocenters. The summed E-state index contributed by atoms with van der Waals surface area (Å²) in [7, 11) is 0. The van der Waals surface area contributed by atoms with Gasteiger partial charge in [0.05, 0.1) is 9.83 Å². The fraction of sp³-hybridized carbons (Fsp3) is 0.333. The van der Waals surface area contributed by atoms with E-state index in [0.29, 0.717) is 0 Å². The van der Waals surface area contributed by atoms with Crippen molar-refractivity contribution in [1.29, 1.82) is 0 Å². The molecule has 0 bridgehead atoms. The van der Waals surface area contributed by atoms with Gasteiger partial charge in [-0.05, 0) is 65.1 Å². The number of hydrogen-bond donors (Lipinski definition) is 1. The molecule has 1 nitrogen and oxygen atoms in total. The third-order valence-corrected chi connectivity index (χ3v) is 5.55. The maximum atomic E-state index is 3.63. The van der Waals surface area contributed by atoms with Crippen LogP contribution in [0.5, 0.6) is 0 Å². The summed E-state index contributed by atoms with van der Waals surface area (Å²) in [5.74, 6) is 0. The quantitative estimate of drug-likeness (QED) is 0.679. The van der Waals surface area contributed by atoms with E-state index in [1.807, 2.05) is 0 Å². The average molecular weight is 403 g/mol. The Labute approximate surface area is 135 Å². The van der Waals surface area contributed by atoms with Gasteiger partial charge in [-0.3, -0.25) is 0 Å². The highest BCUT2D eigenvalue weighted by Gasteiger charge is 2.16. The first-order valence-electron chi connectivity index (χ1n) is 6.36. The van der Waals surface area contributed by atoms with Crippen molar-refractivity contribution in [1.82, 2.24) is 5.32 Å². The van der Waals surface area contributed by atoms with Gasteiger partial charge >= 0.3 is 0 Å². The van der Waals surface area contributed by atoms with Gasteiger partial charge < -0.3 is 5.32 Å². The van der Waals surface area contributed by atoms with Crippen LogP contribution in [0.2, 0.25) is 0 Å². The van der Waals surface area contributed by atoms with E-state index < -0.39 is 0 Å². The van der Waals surface area contributed by atoms with Gasteiger partial charge in [-0.25, -0.2) is 0 Å². The van der Waals surface area contributed by atoms with E-state index >= 15 is 0 Å². The Balaban J connectivity index is 2.33. The van der Waals surface area contributed by atoms with Crippen molar-refractivity contribution in [3.63, 3.8) is 0 Å². The van der Waals surface area contributed by atoms with Gasteiger partial charge in [0, 0.05) is 9.35 Å². The van der Waals surface area contributed by atoms with Crippen molar-refractivity contribution in [2.45, 2.75) is 26.3 Å². The highest BCUT2D eigenvalue weighted by atomic mass is 79.9. The smallest absolute Gasteiger partial charge is 0.0702 e. The van der Waals surface area contributed by atoms with E-state index in [-0.39, 0.29) is 6.04 Å². The molecule has 1 atom stereocenters. The highest BCUT2D eigenvalue weighted by molar-refractivity contribution is 9.11. The Morgan fingerprint density at radius 1 is 1.21 bits per heavy atom. The lowest BCUT2D eigenvalue weighted by Gasteiger charge is -2.18. The molecular formula is C15H17Br2NS. The molecule has 2 rings (SSSR count). The van der Waals surface area contributed by atoms with Gasteiger partial charge in [0.2, 0.25) is 0 Å². The molecular weight excluding hydrogens is 386 g/mol. The van der Waals surface area contributed by atoms with Crippen molar-refractivity contribution in [3.8, 4) is 0 Å². The van der Waals surface area contributed by atoms with Crippen molar-refractivity contribution in [2.24, 2.45) is 0 Å². The summed E-state index contributed by atoms with van der Waals surface area (Å²) < 4.78 is 2.35. The summed E-state index contributed by atoms with van der Waals surface area (Å²) in [4.78, 5) is 1.34. The summed E-state index contributed by atoms with van der Waals surface area (Å²) in [5.41, 5.74) is 2.57. The molecule has 0 aliphatic carbocycles. The maximum absolute atomic E-state index is 3.63. The molecule has 0 fully saturated rings. The summed E-state index contributed by atoms with van der Waals surface area (Å²) >= 11 is 8.97. The van der Waals surface area contributed by atoms with E-state index in [0.717, 1.165) is 13.0 Å². The average Bonchev–Trinajstić information content (AvgIpc) is 2.80. The predicted octanol–water partition coefficient (Wildman–Crippen LogP) is 5.67. The first-order valence-corrected chi connectivity index (χ1v) is 8.76. The fourth-order valence-electron chi connectivity index (χ4n) is 1.94. The monoisotopic (exact) mass is 401 g/mol. The molecule has 0 radical (unpaired) electrons. The van der Waals surface area contributed by atoms with E-state index in [1.54, 1.807) is 11.3 Å². The zero-order valence-corrected chi connectivity index (χ0v) is 15.0. The van der Waals surface area contributed by atoms with Gasteiger partial charge in [0.1, 0.15) is 0 Å². The van der Waals surface area contributed by atoms with Crippen LogP contribution in [-0.4, -0.2) is 6.54 Å². The summed E-state index contributed by atoms with van der Waals surface area (Å²) in [6.45, 7) is 5.33. The minimum Gasteiger partial charge on any atom is -0.306 e. The maximum Gasteiger partial charge on any atom is 0.0702 e. The largest absolute Gasteiger partial charge is 0.306 e. The summed E-state index contributed by atoms with van der Waals surface area (Å²) in [5, 5.41) is 3.63. The van der Waals surface area contributed by atoms with Crippen LogP contribution >= 0.6 is 43.2 Å². The van der Waals surface area contributed by atoms with Crippen LogP contribution in [-0.2, 0) is 0 Å². The van der Waals surface area contributed by atoms with Crippen molar-refractivity contribution >= 4 is 43.2 Å². The van der Waals surface area contributed by atoms with Crippen LogP contribution in [0.4, 0.5) is 0 Å². The van der Waals surface area contributed by atoms with E-state index in [2.05, 4.69) is 81.4 Å². The van der Waals surface area contributed by atoms with E-state index in [4.69, 9.17) is 0 Å². The summed E-state index contributed by atoms with van der Waals surface area (Å²) in [6.07, 6.45) is 1.13. The second-order valence-corrected chi connectivity index (χ2v) is 7.89. The highest BCUT2D eigenvalue weighted by Crippen LogP contribution is 2.32. The molecule has 2 aromatic rings. The van der Waals surface area contributed by atoms with Gasteiger partial charge in [0.15, 0.2) is 0 Å². The minimum atomic E-state index is 0.271. The Morgan fingerprint density at radius 2 is 2.00 bits per heavy atom. The first kappa shape index (κ1) is 15.2. The molecule has 1 aromatic heterocycles. The topological polar surface area (TPSA) is 12.0 Å². The van der Waals surface area contributed by atoms with Gasteiger partial charge in [-0.2, -0.15) is 0 Å². The third-order valence-electron chi connectivity index (χ3n) is 3.01. The predicted molar refractivity (Wildman–Crippen MR) is 91.0 cm³/mol. The second-order valence-electron chi connectivity index (χ2n) is 4.54. The van der Waals surface area contributed by atoms with E-state index in [1.165, 1.54) is 24.3 Å². The molecule has 102 valence electrons. The summed E-state index contributed by atoms with van der Waals surface area (Å²) in [6, 6.07) is 11.2. The lowest BCUT2D eigenvalue weighted by Crippen LogP contribution is -2.22. The fourth-order valence-corrected chi connectivity index (χ4v) is 3.87. The lowest BCUT2D eigenvalue weighted by atomic mass is 10.0. The number of rotatable bonds is 5. The molecule has 0 spiro atoms. The van der Waals surface area contributed by atoms with Crippen LogP contribution in [0.3, 0.4) is 0 Å². The van der Waals surface area contributed by atoms with Crippen molar-refractivity contribution in [3.05, 3.63) is 54.6 Å². The number of nitrogens with one attached hydrogen (secondary N) is 1. The molecule has 0 aliphatic rings. The van der Waals surface area contributed by atoms with Crippen molar-refractivity contribution in [2.75, 3.05) is 6.54 Å². The van der Waals surface area contributed by atoms with Crippen LogP contribution in [0.1, 0.15) is 35.4 Å². The molecule has 0 aliphatic heterocycles. The third kappa shape index (κ3) is 3.91. The van der Waals surface area contributed by atoms with Crippen molar-refractivity contribution < 1.29 is 0 Å². The molecule has 0 saturated carbocycles. The second kappa shape index (κ2) is 7.02. The first-order chi connectivity index (χ1) is 9.11. The van der Waals surface area contributed by atoms with Crippen LogP contribution in [0, 0.1) is 6.92 Å². The molecule has 1 heterocycles. The molecule has 19 heavy (non-hydrogen) atoms. The van der Waals surface area contributed by atoms with Crippen LogP contribution in [0.15, 0.2) is 38.6 Å². The van der Waals surface area contributed by atoms with E-state index in [9.17, 15) is 0 Å². The number of benzene rings is 1. The molecule has 0 amide bonds. The zero-order chi connectivity index (χ0) is 13.8. The normalized spacial score (nSPS) is 12.6. The van der Waals surface area contributed by atoms with Gasteiger partial charge in [-0.1, -0.05) is 35.0 Å². The molecule has 1 N–H and O–H groups in total. The van der Waals surface area contributed by atoms with Gasteiger partial charge in [-0.15, -0.1) is 11.3 Å². The molecule has 1 aromatic carbocycles. The Hall–Kier alpha value is -0.160. The lowest BCUT2D eigenvalue weighted by molar-refractivity contribution is 0.605. The SMILES string of the molecule is CCCNC(c1ccc(C)c(Br)c1)c1ccc(Br)s1. The van der Waals surface area contributed by atoms with Crippen LogP contribution < -0.4 is 5.32 Å².